The van der Waals surface area contributed by atoms with Gasteiger partial charge in [0.15, 0.2) is 0 Å². The van der Waals surface area contributed by atoms with E-state index >= 15 is 0 Å². The SMILES string of the molecule is CC(C)=Cc1nc(-c2cnc3ccc(-c4cn[nH]c4-c4ccccc4F)cn23)no1. The third kappa shape index (κ3) is 3.08. The minimum atomic E-state index is -0.314. The van der Waals surface area contributed by atoms with Crippen molar-refractivity contribution in [1.29, 1.82) is 0 Å². The summed E-state index contributed by atoms with van der Waals surface area (Å²) in [5.74, 6) is 0.562. The van der Waals surface area contributed by atoms with Crippen molar-refractivity contribution in [2.45, 2.75) is 13.8 Å². The van der Waals surface area contributed by atoms with Gasteiger partial charge in [0.25, 0.3) is 5.89 Å². The number of nitrogens with zero attached hydrogens (tertiary/aromatic N) is 5. The Balaban J connectivity index is 1.61. The van der Waals surface area contributed by atoms with Crippen molar-refractivity contribution in [2.24, 2.45) is 0 Å². The lowest BCUT2D eigenvalue weighted by Gasteiger charge is -2.06. The molecule has 148 valence electrons. The second-order valence-electron chi connectivity index (χ2n) is 7.11. The lowest BCUT2D eigenvalue weighted by Crippen LogP contribution is -1.92. The first-order valence-electron chi connectivity index (χ1n) is 9.35. The first kappa shape index (κ1) is 18.0. The van der Waals surface area contributed by atoms with Crippen LogP contribution >= 0.6 is 0 Å². The van der Waals surface area contributed by atoms with Gasteiger partial charge in [0.05, 0.1) is 18.1 Å². The minimum absolute atomic E-state index is 0.314. The van der Waals surface area contributed by atoms with Crippen LogP contribution in [0.2, 0.25) is 0 Å². The summed E-state index contributed by atoms with van der Waals surface area (Å²) in [5.41, 5.74) is 5.19. The molecule has 1 aromatic carbocycles. The molecule has 0 aliphatic carbocycles. The van der Waals surface area contributed by atoms with E-state index in [1.165, 1.54) is 6.07 Å². The second-order valence-corrected chi connectivity index (χ2v) is 7.11. The molecule has 0 unspecified atom stereocenters. The molecule has 0 fully saturated rings. The Morgan fingerprint density at radius 1 is 1.10 bits per heavy atom. The van der Waals surface area contributed by atoms with Gasteiger partial charge in [-0.05, 0) is 38.1 Å². The number of nitrogens with one attached hydrogen (secondary N) is 1. The highest BCUT2D eigenvalue weighted by molar-refractivity contribution is 5.81. The van der Waals surface area contributed by atoms with Crippen molar-refractivity contribution in [3.8, 4) is 33.9 Å². The van der Waals surface area contributed by atoms with Gasteiger partial charge in [-0.2, -0.15) is 10.1 Å². The van der Waals surface area contributed by atoms with Gasteiger partial charge < -0.3 is 4.52 Å². The molecule has 0 amide bonds. The Hall–Kier alpha value is -4.07. The van der Waals surface area contributed by atoms with Crippen LogP contribution in [0.1, 0.15) is 19.7 Å². The summed E-state index contributed by atoms with van der Waals surface area (Å²) in [5, 5.41) is 11.1. The van der Waals surface area contributed by atoms with Crippen LogP contribution in [0.25, 0.3) is 45.6 Å². The summed E-state index contributed by atoms with van der Waals surface area (Å²) < 4.78 is 21.5. The summed E-state index contributed by atoms with van der Waals surface area (Å²) in [6, 6.07) is 10.4. The third-order valence-electron chi connectivity index (χ3n) is 4.68. The largest absolute Gasteiger partial charge is 0.334 e. The monoisotopic (exact) mass is 400 g/mol. The molecule has 0 saturated carbocycles. The summed E-state index contributed by atoms with van der Waals surface area (Å²) in [4.78, 5) is 8.85. The van der Waals surface area contributed by atoms with Crippen molar-refractivity contribution in [2.75, 3.05) is 0 Å². The number of aromatic amines is 1. The van der Waals surface area contributed by atoms with E-state index in [0.29, 0.717) is 28.7 Å². The number of halogens is 1. The molecule has 5 aromatic rings. The van der Waals surface area contributed by atoms with Gasteiger partial charge in [-0.15, -0.1) is 0 Å². The number of rotatable bonds is 4. The number of aromatic nitrogens is 6. The van der Waals surface area contributed by atoms with E-state index in [1.54, 1.807) is 30.6 Å². The smallest absolute Gasteiger partial charge is 0.250 e. The quantitative estimate of drug-likeness (QED) is 0.459. The first-order chi connectivity index (χ1) is 14.6. The van der Waals surface area contributed by atoms with E-state index in [9.17, 15) is 4.39 Å². The van der Waals surface area contributed by atoms with Crippen molar-refractivity contribution >= 4 is 11.7 Å². The fourth-order valence-electron chi connectivity index (χ4n) is 3.32. The Morgan fingerprint density at radius 2 is 1.97 bits per heavy atom. The van der Waals surface area contributed by atoms with E-state index in [4.69, 9.17) is 4.52 Å². The van der Waals surface area contributed by atoms with E-state index in [-0.39, 0.29) is 5.82 Å². The number of pyridine rings is 1. The van der Waals surface area contributed by atoms with Crippen LogP contribution < -0.4 is 0 Å². The van der Waals surface area contributed by atoms with E-state index in [1.807, 2.05) is 42.7 Å². The molecule has 0 saturated heterocycles. The molecule has 0 spiro atoms. The zero-order chi connectivity index (χ0) is 20.7. The normalized spacial score (nSPS) is 11.2. The van der Waals surface area contributed by atoms with Crippen molar-refractivity contribution in [3.63, 3.8) is 0 Å². The zero-order valence-corrected chi connectivity index (χ0v) is 16.3. The third-order valence-corrected chi connectivity index (χ3v) is 4.68. The summed E-state index contributed by atoms with van der Waals surface area (Å²) >= 11 is 0. The van der Waals surface area contributed by atoms with Crippen molar-refractivity contribution in [3.05, 3.63) is 72.3 Å². The Labute approximate surface area is 170 Å². The van der Waals surface area contributed by atoms with Crippen LogP contribution in [0, 0.1) is 5.82 Å². The molecule has 0 bridgehead atoms. The van der Waals surface area contributed by atoms with Crippen LogP contribution in [0.3, 0.4) is 0 Å². The van der Waals surface area contributed by atoms with Crippen molar-refractivity contribution < 1.29 is 8.91 Å². The highest BCUT2D eigenvalue weighted by Gasteiger charge is 2.16. The molecule has 4 heterocycles. The fourth-order valence-corrected chi connectivity index (χ4v) is 3.32. The number of imidazole rings is 1. The molecule has 0 atom stereocenters. The molecule has 7 nitrogen and oxygen atoms in total. The molecule has 0 aliphatic heterocycles. The molecule has 5 rings (SSSR count). The number of hydrogen-bond acceptors (Lipinski definition) is 5. The number of allylic oxidation sites excluding steroid dienone is 1. The summed E-state index contributed by atoms with van der Waals surface area (Å²) in [6.45, 7) is 3.92. The molecule has 1 N–H and O–H groups in total. The van der Waals surface area contributed by atoms with E-state index < -0.39 is 0 Å². The average molecular weight is 400 g/mol. The Kier molecular flexibility index (Phi) is 4.24. The summed E-state index contributed by atoms with van der Waals surface area (Å²) in [6.07, 6.45) is 7.10. The van der Waals surface area contributed by atoms with Gasteiger partial charge in [-0.1, -0.05) is 22.9 Å². The maximum atomic E-state index is 14.3. The predicted octanol–water partition coefficient (Wildman–Crippen LogP) is 5.00. The van der Waals surface area contributed by atoms with Gasteiger partial charge in [-0.25, -0.2) is 9.37 Å². The average Bonchev–Trinajstić information content (AvgIpc) is 3.46. The number of H-pyrrole nitrogens is 1. The van der Waals surface area contributed by atoms with Crippen LogP contribution in [-0.4, -0.2) is 29.7 Å². The number of benzene rings is 1. The standard InChI is InChI=1S/C22H17FN6O/c1-13(2)9-20-26-22(28-30-20)18-11-24-19-8-7-14(12-29(18)19)16-10-25-27-21(16)15-5-3-4-6-17(15)23/h3-12H,1-2H3,(H,25,27). The molecule has 8 heteroatoms. The lowest BCUT2D eigenvalue weighted by atomic mass is 10.0. The molecule has 0 radical (unpaired) electrons. The van der Waals surface area contributed by atoms with Crippen LogP contribution in [0.4, 0.5) is 4.39 Å². The van der Waals surface area contributed by atoms with Crippen molar-refractivity contribution in [1.82, 2.24) is 29.7 Å². The van der Waals surface area contributed by atoms with Gasteiger partial charge >= 0.3 is 0 Å². The Morgan fingerprint density at radius 3 is 2.80 bits per heavy atom. The van der Waals surface area contributed by atoms with E-state index in [0.717, 1.165) is 22.3 Å². The molecular formula is C22H17FN6O. The maximum absolute atomic E-state index is 14.3. The number of hydrogen-bond donors (Lipinski definition) is 1. The minimum Gasteiger partial charge on any atom is -0.334 e. The first-order valence-corrected chi connectivity index (χ1v) is 9.35. The van der Waals surface area contributed by atoms with Gasteiger partial charge in [0.1, 0.15) is 17.2 Å². The second kappa shape index (κ2) is 7.07. The molecule has 0 aliphatic rings. The molecule has 30 heavy (non-hydrogen) atoms. The topological polar surface area (TPSA) is 84.9 Å². The van der Waals surface area contributed by atoms with Gasteiger partial charge in [-0.3, -0.25) is 9.50 Å². The zero-order valence-electron chi connectivity index (χ0n) is 16.3. The van der Waals surface area contributed by atoms with E-state index in [2.05, 4.69) is 25.3 Å². The lowest BCUT2D eigenvalue weighted by molar-refractivity contribution is 0.410. The van der Waals surface area contributed by atoms with Crippen LogP contribution in [0.5, 0.6) is 0 Å². The number of fused-ring (bicyclic) bond motifs is 1. The summed E-state index contributed by atoms with van der Waals surface area (Å²) in [7, 11) is 0. The van der Waals surface area contributed by atoms with Crippen LogP contribution in [0.15, 0.2) is 65.1 Å². The maximum Gasteiger partial charge on any atom is 0.250 e. The van der Waals surface area contributed by atoms with Crippen LogP contribution in [-0.2, 0) is 0 Å². The fraction of sp³-hybridized carbons (Fsp3) is 0.0909. The Bertz CT molecular complexity index is 1390. The van der Waals surface area contributed by atoms with Gasteiger partial charge in [0, 0.05) is 29.0 Å². The predicted molar refractivity (Wildman–Crippen MR) is 111 cm³/mol. The molecule has 4 aromatic heterocycles. The highest BCUT2D eigenvalue weighted by Crippen LogP contribution is 2.32. The molecular weight excluding hydrogens is 383 g/mol. The highest BCUT2D eigenvalue weighted by atomic mass is 19.1. The van der Waals surface area contributed by atoms with Gasteiger partial charge in [0.2, 0.25) is 5.82 Å².